The molecule has 1 amide bonds. The third-order valence-electron chi connectivity index (χ3n) is 4.07. The van der Waals surface area contributed by atoms with E-state index in [9.17, 15) is 4.79 Å². The summed E-state index contributed by atoms with van der Waals surface area (Å²) in [6.45, 7) is 2.28. The first-order chi connectivity index (χ1) is 13.4. The largest absolute Gasteiger partial charge is 0.380 e. The summed E-state index contributed by atoms with van der Waals surface area (Å²) in [5, 5.41) is 14.6. The molecule has 0 fully saturated rings. The third-order valence-corrected chi connectivity index (χ3v) is 4.52. The maximum atomic E-state index is 12.7. The molecule has 0 spiro atoms. The Morgan fingerprint density at radius 1 is 1.04 bits per heavy atom. The van der Waals surface area contributed by atoms with Crippen molar-refractivity contribution in [3.8, 4) is 0 Å². The summed E-state index contributed by atoms with van der Waals surface area (Å²) in [5.74, 6) is 0.0764. The number of hydrogen-bond acceptors (Lipinski definition) is 4. The summed E-state index contributed by atoms with van der Waals surface area (Å²) < 4.78 is 0. The van der Waals surface area contributed by atoms with E-state index in [4.69, 9.17) is 28.6 Å². The molecule has 0 aliphatic rings. The first kappa shape index (κ1) is 19.9. The monoisotopic (exact) mass is 412 g/mol. The zero-order chi connectivity index (χ0) is 20.1. The van der Waals surface area contributed by atoms with Crippen LogP contribution in [-0.2, 0) is 6.54 Å². The summed E-state index contributed by atoms with van der Waals surface area (Å²) in [5.41, 5.74) is 3.50. The normalized spacial score (nSPS) is 10.4. The Kier molecular flexibility index (Phi) is 6.29. The minimum absolute atomic E-state index is 0.324. The number of benzene rings is 2. The molecule has 1 aromatic heterocycles. The van der Waals surface area contributed by atoms with Gasteiger partial charge in [0.15, 0.2) is 0 Å². The maximum absolute atomic E-state index is 12.7. The van der Waals surface area contributed by atoms with Gasteiger partial charge >= 0.3 is 0 Å². The zero-order valence-electron chi connectivity index (χ0n) is 15.1. The molecule has 0 atom stereocenters. The Morgan fingerprint density at radius 2 is 1.75 bits per heavy atom. The Balaban J connectivity index is 1.75. The van der Waals surface area contributed by atoms with Crippen LogP contribution in [0.2, 0.25) is 10.0 Å². The average Bonchev–Trinajstić information content (AvgIpc) is 2.69. The molecule has 3 rings (SSSR count). The van der Waals surface area contributed by atoms with Crippen molar-refractivity contribution in [3.05, 3.63) is 87.5 Å². The summed E-state index contributed by atoms with van der Waals surface area (Å²) in [6.07, 6.45) is 1.47. The van der Waals surface area contributed by atoms with E-state index in [0.29, 0.717) is 39.4 Å². The highest BCUT2D eigenvalue weighted by atomic mass is 35.5. The van der Waals surface area contributed by atoms with Gasteiger partial charge < -0.3 is 16.0 Å². The van der Waals surface area contributed by atoms with Gasteiger partial charge in [0.25, 0.3) is 5.91 Å². The molecule has 0 unspecified atom stereocenters. The minimum Gasteiger partial charge on any atom is -0.380 e. The lowest BCUT2D eigenvalue weighted by Gasteiger charge is -2.13. The van der Waals surface area contributed by atoms with Crippen LogP contribution < -0.4 is 10.6 Å². The molecule has 0 aliphatic heterocycles. The fourth-order valence-corrected chi connectivity index (χ4v) is 2.85. The van der Waals surface area contributed by atoms with Gasteiger partial charge in [0.05, 0.1) is 10.6 Å². The molecule has 0 bridgehead atoms. The Morgan fingerprint density at radius 3 is 2.39 bits per heavy atom. The first-order valence-electron chi connectivity index (χ1n) is 8.53. The number of anilines is 2. The van der Waals surface area contributed by atoms with Crippen LogP contribution in [0.15, 0.2) is 60.8 Å². The second-order valence-corrected chi connectivity index (χ2v) is 7.05. The van der Waals surface area contributed by atoms with E-state index in [-0.39, 0.29) is 5.91 Å². The van der Waals surface area contributed by atoms with E-state index in [2.05, 4.69) is 15.6 Å². The van der Waals surface area contributed by atoms with Crippen molar-refractivity contribution in [2.45, 2.75) is 13.5 Å². The van der Waals surface area contributed by atoms with Gasteiger partial charge in [0.2, 0.25) is 0 Å². The summed E-state index contributed by atoms with van der Waals surface area (Å²) >= 11 is 11.9. The van der Waals surface area contributed by atoms with Crippen LogP contribution in [-0.4, -0.2) is 16.6 Å². The molecule has 7 heteroatoms. The van der Waals surface area contributed by atoms with Crippen molar-refractivity contribution in [1.82, 2.24) is 4.98 Å². The van der Waals surface area contributed by atoms with Crippen molar-refractivity contribution in [2.24, 2.45) is 0 Å². The third kappa shape index (κ3) is 5.09. The number of pyridine rings is 1. The number of aromatic nitrogens is 1. The molecule has 28 heavy (non-hydrogen) atoms. The number of hydrogen-bond donors (Lipinski definition) is 3. The molecular formula is C21H18Cl2N4O. The lowest BCUT2D eigenvalue weighted by molar-refractivity contribution is 0.102. The van der Waals surface area contributed by atoms with Crippen LogP contribution in [0.4, 0.5) is 11.5 Å². The van der Waals surface area contributed by atoms with E-state index in [0.717, 1.165) is 11.1 Å². The van der Waals surface area contributed by atoms with Crippen LogP contribution in [0.5, 0.6) is 0 Å². The highest BCUT2D eigenvalue weighted by molar-refractivity contribution is 6.31. The van der Waals surface area contributed by atoms with Crippen LogP contribution in [0.25, 0.3) is 0 Å². The highest BCUT2D eigenvalue weighted by Gasteiger charge is 2.13. The Hall–Kier alpha value is -2.89. The van der Waals surface area contributed by atoms with Gasteiger partial charge in [-0.2, -0.15) is 0 Å². The number of carbonyl (C=O) groups is 1. The SMILES string of the molecule is CC(=N)c1ccc(CNc2ccc(Cl)cc2C(=O)Nc2ccc(Cl)cn2)cc1. The summed E-state index contributed by atoms with van der Waals surface area (Å²) in [4.78, 5) is 16.8. The van der Waals surface area contributed by atoms with E-state index < -0.39 is 0 Å². The fraction of sp³-hybridized carbons (Fsp3) is 0.0952. The smallest absolute Gasteiger partial charge is 0.258 e. The second-order valence-electron chi connectivity index (χ2n) is 6.18. The van der Waals surface area contributed by atoms with Crippen molar-refractivity contribution in [1.29, 1.82) is 5.41 Å². The molecule has 0 saturated carbocycles. The van der Waals surface area contributed by atoms with Crippen molar-refractivity contribution >= 4 is 46.3 Å². The molecule has 1 heterocycles. The predicted molar refractivity (Wildman–Crippen MR) is 115 cm³/mol. The van der Waals surface area contributed by atoms with Gasteiger partial charge in [-0.15, -0.1) is 0 Å². The number of nitrogens with zero attached hydrogens (tertiary/aromatic N) is 1. The van der Waals surface area contributed by atoms with Gasteiger partial charge in [0.1, 0.15) is 5.82 Å². The number of rotatable bonds is 6. The van der Waals surface area contributed by atoms with Gasteiger partial charge in [-0.25, -0.2) is 4.98 Å². The van der Waals surface area contributed by atoms with E-state index >= 15 is 0 Å². The molecule has 2 aromatic carbocycles. The lowest BCUT2D eigenvalue weighted by atomic mass is 10.1. The van der Waals surface area contributed by atoms with Crippen molar-refractivity contribution in [3.63, 3.8) is 0 Å². The molecular weight excluding hydrogens is 395 g/mol. The molecule has 3 N–H and O–H groups in total. The number of nitrogens with one attached hydrogen (secondary N) is 3. The average molecular weight is 413 g/mol. The van der Waals surface area contributed by atoms with Crippen LogP contribution in [0.1, 0.15) is 28.4 Å². The molecule has 5 nitrogen and oxygen atoms in total. The predicted octanol–water partition coefficient (Wildman–Crippen LogP) is 5.64. The van der Waals surface area contributed by atoms with E-state index in [1.54, 1.807) is 37.3 Å². The fourth-order valence-electron chi connectivity index (χ4n) is 2.56. The minimum atomic E-state index is -0.324. The van der Waals surface area contributed by atoms with Gasteiger partial charge in [-0.1, -0.05) is 47.5 Å². The van der Waals surface area contributed by atoms with Gasteiger partial charge in [0, 0.05) is 29.2 Å². The van der Waals surface area contributed by atoms with Crippen molar-refractivity contribution in [2.75, 3.05) is 10.6 Å². The zero-order valence-corrected chi connectivity index (χ0v) is 16.6. The molecule has 0 saturated heterocycles. The topological polar surface area (TPSA) is 77.9 Å². The maximum Gasteiger partial charge on any atom is 0.258 e. The van der Waals surface area contributed by atoms with E-state index in [1.165, 1.54) is 6.20 Å². The molecule has 0 radical (unpaired) electrons. The van der Waals surface area contributed by atoms with Crippen molar-refractivity contribution < 1.29 is 4.79 Å². The van der Waals surface area contributed by atoms with Gasteiger partial charge in [-0.05, 0) is 48.4 Å². The van der Waals surface area contributed by atoms with E-state index in [1.807, 2.05) is 24.3 Å². The van der Waals surface area contributed by atoms with Crippen LogP contribution >= 0.6 is 23.2 Å². The quantitative estimate of drug-likeness (QED) is 0.458. The lowest BCUT2D eigenvalue weighted by Crippen LogP contribution is -2.15. The summed E-state index contributed by atoms with van der Waals surface area (Å²) in [6, 6.07) is 16.1. The second kappa shape index (κ2) is 8.87. The Bertz CT molecular complexity index is 1000. The number of amides is 1. The molecule has 3 aromatic rings. The van der Waals surface area contributed by atoms with Crippen LogP contribution in [0.3, 0.4) is 0 Å². The highest BCUT2D eigenvalue weighted by Crippen LogP contribution is 2.23. The molecule has 0 aliphatic carbocycles. The van der Waals surface area contributed by atoms with Gasteiger partial charge in [-0.3, -0.25) is 4.79 Å². The standard InChI is InChI=1S/C21H18Cl2N4O/c1-13(24)15-4-2-14(3-5-15)11-25-19-8-6-16(22)10-18(19)21(28)27-20-9-7-17(23)12-26-20/h2-10,12,24-25H,11H2,1H3,(H,26,27,28). The summed E-state index contributed by atoms with van der Waals surface area (Å²) in [7, 11) is 0. The number of carbonyl (C=O) groups excluding carboxylic acids is 1. The van der Waals surface area contributed by atoms with Crippen LogP contribution in [0, 0.1) is 5.41 Å². The molecule has 142 valence electrons. The first-order valence-corrected chi connectivity index (χ1v) is 9.29. The Labute approximate surface area is 173 Å². The number of halogens is 2.